The van der Waals surface area contributed by atoms with E-state index in [1.54, 1.807) is 16.6 Å². The average molecular weight is 346 g/mol. The molecule has 3 heterocycles. The van der Waals surface area contributed by atoms with E-state index in [0.717, 1.165) is 13.1 Å². The van der Waals surface area contributed by atoms with E-state index in [9.17, 15) is 8.42 Å². The monoisotopic (exact) mass is 345 g/mol. The van der Waals surface area contributed by atoms with E-state index >= 15 is 0 Å². The number of nitrogens with zero attached hydrogens (tertiary/aromatic N) is 2. The minimum absolute atomic E-state index is 0.0454. The van der Waals surface area contributed by atoms with Gasteiger partial charge in [0, 0.05) is 29.5 Å². The summed E-state index contributed by atoms with van der Waals surface area (Å²) in [6.45, 7) is 4.43. The lowest BCUT2D eigenvalue weighted by Crippen LogP contribution is -2.38. The van der Waals surface area contributed by atoms with Crippen molar-refractivity contribution in [2.24, 2.45) is 11.8 Å². The summed E-state index contributed by atoms with van der Waals surface area (Å²) < 4.78 is 27.7. The molecule has 5 nitrogen and oxygen atoms in total. The van der Waals surface area contributed by atoms with Crippen LogP contribution in [0, 0.1) is 11.8 Å². The lowest BCUT2D eigenvalue weighted by molar-refractivity contribution is 0.360. The third kappa shape index (κ3) is 2.22. The second-order valence-corrected chi connectivity index (χ2v) is 8.04. The Morgan fingerprint density at radius 1 is 1.42 bits per heavy atom. The fourth-order valence-corrected chi connectivity index (χ4v) is 5.35. The number of sulfonamides is 1. The Morgan fingerprint density at radius 3 is 2.89 bits per heavy atom. The molecule has 104 valence electrons. The summed E-state index contributed by atoms with van der Waals surface area (Å²) in [5.74, 6) is 0.861. The zero-order valence-corrected chi connectivity index (χ0v) is 13.0. The fourth-order valence-electron chi connectivity index (χ4n) is 3.11. The van der Waals surface area contributed by atoms with Crippen LogP contribution in [0.25, 0.3) is 0 Å². The first-order chi connectivity index (χ1) is 9.00. The standard InChI is InChI=1S/C12H16BrN3O2S/c1-8-12-6-14-3-9(12)7-16(8)19(17,18)11-2-10(13)4-15-5-11/h2,4-5,8-9,12,14H,3,6-7H2,1H3. The first kappa shape index (κ1) is 13.5. The van der Waals surface area contributed by atoms with Crippen molar-refractivity contribution >= 4 is 26.0 Å². The summed E-state index contributed by atoms with van der Waals surface area (Å²) in [4.78, 5) is 4.22. The summed E-state index contributed by atoms with van der Waals surface area (Å²) in [7, 11) is -3.44. The first-order valence-electron chi connectivity index (χ1n) is 6.33. The van der Waals surface area contributed by atoms with Crippen LogP contribution in [-0.4, -0.2) is 43.4 Å². The molecule has 2 aliphatic rings. The molecule has 2 saturated heterocycles. The molecule has 0 amide bonds. The van der Waals surface area contributed by atoms with Crippen molar-refractivity contribution in [3.8, 4) is 0 Å². The number of hydrogen-bond acceptors (Lipinski definition) is 4. The molecule has 3 unspecified atom stereocenters. The van der Waals surface area contributed by atoms with Crippen LogP contribution >= 0.6 is 15.9 Å². The lowest BCUT2D eigenvalue weighted by atomic mass is 9.95. The van der Waals surface area contributed by atoms with Crippen LogP contribution in [0.5, 0.6) is 0 Å². The normalized spacial score (nSPS) is 31.6. The van der Waals surface area contributed by atoms with Gasteiger partial charge in [-0.05, 0) is 53.8 Å². The van der Waals surface area contributed by atoms with E-state index in [1.165, 1.54) is 6.20 Å². The predicted molar refractivity (Wildman–Crippen MR) is 75.1 cm³/mol. The van der Waals surface area contributed by atoms with Crippen LogP contribution < -0.4 is 5.32 Å². The predicted octanol–water partition coefficient (Wildman–Crippen LogP) is 1.07. The van der Waals surface area contributed by atoms with Crippen molar-refractivity contribution in [3.05, 3.63) is 22.9 Å². The van der Waals surface area contributed by atoms with Crippen LogP contribution in [0.2, 0.25) is 0 Å². The molecule has 3 rings (SSSR count). The van der Waals surface area contributed by atoms with E-state index in [4.69, 9.17) is 0 Å². The number of fused-ring (bicyclic) bond motifs is 1. The Labute approximate surface area is 121 Å². The van der Waals surface area contributed by atoms with Crippen LogP contribution in [0.3, 0.4) is 0 Å². The molecular formula is C12H16BrN3O2S. The van der Waals surface area contributed by atoms with Crippen molar-refractivity contribution < 1.29 is 8.42 Å². The SMILES string of the molecule is CC1C2CNCC2CN1S(=O)(=O)c1cncc(Br)c1. The second-order valence-electron chi connectivity index (χ2n) is 5.24. The van der Waals surface area contributed by atoms with Crippen LogP contribution in [0.1, 0.15) is 6.92 Å². The summed E-state index contributed by atoms with van der Waals surface area (Å²) in [6.07, 6.45) is 3.00. The minimum atomic E-state index is -3.44. The molecule has 3 atom stereocenters. The summed E-state index contributed by atoms with van der Waals surface area (Å²) in [6, 6.07) is 1.66. The van der Waals surface area contributed by atoms with Crippen molar-refractivity contribution in [2.75, 3.05) is 19.6 Å². The van der Waals surface area contributed by atoms with Gasteiger partial charge in [-0.15, -0.1) is 0 Å². The minimum Gasteiger partial charge on any atom is -0.316 e. The average Bonchev–Trinajstić information content (AvgIpc) is 2.93. The summed E-state index contributed by atoms with van der Waals surface area (Å²) in [5.41, 5.74) is 0. The molecule has 0 radical (unpaired) electrons. The van der Waals surface area contributed by atoms with Gasteiger partial charge in [0.2, 0.25) is 10.0 Å². The lowest BCUT2D eigenvalue weighted by Gasteiger charge is -2.23. The fraction of sp³-hybridized carbons (Fsp3) is 0.583. The Bertz CT molecular complexity index is 592. The van der Waals surface area contributed by atoms with Crippen molar-refractivity contribution in [3.63, 3.8) is 0 Å². The molecule has 0 aliphatic carbocycles. The highest BCUT2D eigenvalue weighted by Crippen LogP contribution is 2.36. The first-order valence-corrected chi connectivity index (χ1v) is 8.56. The van der Waals surface area contributed by atoms with Crippen molar-refractivity contribution in [1.29, 1.82) is 0 Å². The van der Waals surface area contributed by atoms with Crippen LogP contribution in [0.4, 0.5) is 0 Å². The molecule has 19 heavy (non-hydrogen) atoms. The molecule has 1 aromatic rings. The number of rotatable bonds is 2. The molecule has 0 bridgehead atoms. The quantitative estimate of drug-likeness (QED) is 0.870. The van der Waals surface area contributed by atoms with E-state index in [0.29, 0.717) is 22.9 Å². The van der Waals surface area contributed by atoms with E-state index in [2.05, 4.69) is 26.2 Å². The van der Waals surface area contributed by atoms with E-state index < -0.39 is 10.0 Å². The molecule has 0 saturated carbocycles. The molecule has 0 aromatic carbocycles. The molecular weight excluding hydrogens is 330 g/mol. The number of nitrogens with one attached hydrogen (secondary N) is 1. The second kappa shape index (κ2) is 4.80. The maximum atomic E-state index is 12.7. The molecule has 2 fully saturated rings. The molecule has 7 heteroatoms. The molecule has 0 spiro atoms. The van der Waals surface area contributed by atoms with Crippen LogP contribution in [-0.2, 0) is 10.0 Å². The van der Waals surface area contributed by atoms with Gasteiger partial charge in [-0.1, -0.05) is 0 Å². The Morgan fingerprint density at radius 2 is 2.21 bits per heavy atom. The largest absolute Gasteiger partial charge is 0.316 e. The maximum Gasteiger partial charge on any atom is 0.244 e. The summed E-state index contributed by atoms with van der Waals surface area (Å²) in [5, 5.41) is 3.33. The Kier molecular flexibility index (Phi) is 3.41. The number of aromatic nitrogens is 1. The van der Waals surface area contributed by atoms with E-state index in [1.807, 2.05) is 6.92 Å². The van der Waals surface area contributed by atoms with E-state index in [-0.39, 0.29) is 10.9 Å². The highest BCUT2D eigenvalue weighted by molar-refractivity contribution is 9.10. The van der Waals surface area contributed by atoms with Gasteiger partial charge in [0.05, 0.1) is 0 Å². The zero-order valence-electron chi connectivity index (χ0n) is 10.6. The maximum absolute atomic E-state index is 12.7. The Hall–Kier alpha value is -0.500. The van der Waals surface area contributed by atoms with Gasteiger partial charge in [0.15, 0.2) is 0 Å². The molecule has 1 aromatic heterocycles. The number of pyridine rings is 1. The Balaban J connectivity index is 1.93. The summed E-state index contributed by atoms with van der Waals surface area (Å²) >= 11 is 3.27. The van der Waals surface area contributed by atoms with Gasteiger partial charge >= 0.3 is 0 Å². The van der Waals surface area contributed by atoms with Gasteiger partial charge in [-0.2, -0.15) is 4.31 Å². The van der Waals surface area contributed by atoms with Gasteiger partial charge in [-0.3, -0.25) is 4.98 Å². The van der Waals surface area contributed by atoms with Gasteiger partial charge in [0.1, 0.15) is 4.90 Å². The van der Waals surface area contributed by atoms with Crippen molar-refractivity contribution in [1.82, 2.24) is 14.6 Å². The number of hydrogen-bond donors (Lipinski definition) is 1. The number of halogens is 1. The topological polar surface area (TPSA) is 62.3 Å². The van der Waals surface area contributed by atoms with Crippen LogP contribution in [0.15, 0.2) is 27.8 Å². The highest BCUT2D eigenvalue weighted by Gasteiger charge is 2.46. The van der Waals surface area contributed by atoms with Gasteiger partial charge < -0.3 is 5.32 Å². The third-order valence-corrected chi connectivity index (χ3v) is 6.52. The zero-order chi connectivity index (χ0) is 13.6. The smallest absolute Gasteiger partial charge is 0.244 e. The molecule has 2 aliphatic heterocycles. The highest BCUT2D eigenvalue weighted by atomic mass is 79.9. The van der Waals surface area contributed by atoms with Gasteiger partial charge in [0.25, 0.3) is 0 Å². The third-order valence-electron chi connectivity index (χ3n) is 4.17. The molecule has 1 N–H and O–H groups in total. The van der Waals surface area contributed by atoms with Crippen molar-refractivity contribution in [2.45, 2.75) is 17.9 Å². The van der Waals surface area contributed by atoms with Gasteiger partial charge in [-0.25, -0.2) is 8.42 Å².